The molecule has 152 valence electrons. The maximum atomic E-state index is 13.8. The van der Waals surface area contributed by atoms with E-state index in [1.165, 1.54) is 5.06 Å². The minimum Gasteiger partial charge on any atom is -0.314 e. The van der Waals surface area contributed by atoms with E-state index in [0.717, 1.165) is 16.7 Å². The molecule has 0 aromatic heterocycles. The maximum Gasteiger partial charge on any atom is 0.243 e. The van der Waals surface area contributed by atoms with Gasteiger partial charge in [0.15, 0.2) is 5.78 Å². The number of halogens is 2. The number of aryl methyl sites for hydroxylation is 2. The van der Waals surface area contributed by atoms with E-state index < -0.39 is 11.5 Å². The molecule has 2 heterocycles. The number of carbonyl (C=O) groups is 2. The first-order chi connectivity index (χ1) is 13.7. The predicted octanol–water partition coefficient (Wildman–Crippen LogP) is 4.53. The number of carbonyl (C=O) groups excluding carboxylic acids is 2. The highest BCUT2D eigenvalue weighted by Gasteiger charge is 2.60. The Balaban J connectivity index is 1.87. The molecule has 2 aliphatic rings. The van der Waals surface area contributed by atoms with Crippen LogP contribution in [0.15, 0.2) is 36.4 Å². The number of hydrogen-bond acceptors (Lipinski definition) is 4. The van der Waals surface area contributed by atoms with E-state index in [0.29, 0.717) is 41.7 Å². The molecule has 0 radical (unpaired) electrons. The number of benzene rings is 2. The van der Waals surface area contributed by atoms with E-state index in [1.807, 2.05) is 13.8 Å². The van der Waals surface area contributed by atoms with E-state index in [-0.39, 0.29) is 11.7 Å². The lowest BCUT2D eigenvalue weighted by Crippen LogP contribution is -2.56. The summed E-state index contributed by atoms with van der Waals surface area (Å²) in [6, 6.07) is 10.6. The van der Waals surface area contributed by atoms with Crippen LogP contribution in [0.4, 0.5) is 5.69 Å². The third kappa shape index (κ3) is 3.26. The maximum absolute atomic E-state index is 13.8. The van der Waals surface area contributed by atoms with Crippen LogP contribution in [0.5, 0.6) is 0 Å². The Kier molecular flexibility index (Phi) is 5.20. The molecule has 0 aliphatic carbocycles. The van der Waals surface area contributed by atoms with Gasteiger partial charge in [-0.15, -0.1) is 0 Å². The third-order valence-electron chi connectivity index (χ3n) is 6.12. The minimum atomic E-state index is -0.979. The number of anilines is 1. The summed E-state index contributed by atoms with van der Waals surface area (Å²) in [6.45, 7) is 4.41. The van der Waals surface area contributed by atoms with E-state index >= 15 is 0 Å². The summed E-state index contributed by atoms with van der Waals surface area (Å²) in [5.74, 6) is -1.23. The minimum absolute atomic E-state index is 0.112. The topological polar surface area (TPSA) is 60.9 Å². The zero-order chi connectivity index (χ0) is 20.9. The van der Waals surface area contributed by atoms with Crippen LogP contribution < -0.4 is 4.90 Å². The highest BCUT2D eigenvalue weighted by atomic mass is 35.5. The molecule has 1 spiro atoms. The summed E-state index contributed by atoms with van der Waals surface area (Å²) in [6.07, 6.45) is 0.748. The van der Waals surface area contributed by atoms with Crippen molar-refractivity contribution >= 4 is 40.6 Å². The molecule has 1 unspecified atom stereocenters. The predicted molar refractivity (Wildman–Crippen MR) is 113 cm³/mol. The van der Waals surface area contributed by atoms with Crippen molar-refractivity contribution in [3.8, 4) is 0 Å². The molecule has 0 saturated carbocycles. The van der Waals surface area contributed by atoms with Crippen LogP contribution in [0.1, 0.15) is 35.4 Å². The monoisotopic (exact) mass is 432 g/mol. The van der Waals surface area contributed by atoms with Crippen LogP contribution in [0.2, 0.25) is 10.0 Å². The molecular weight excluding hydrogens is 411 g/mol. The average molecular weight is 433 g/mol. The summed E-state index contributed by atoms with van der Waals surface area (Å²) in [5.41, 5.74) is 2.05. The van der Waals surface area contributed by atoms with Crippen LogP contribution in [-0.4, -0.2) is 40.6 Å². The highest BCUT2D eigenvalue weighted by molar-refractivity contribution is 6.31. The SMILES string of the molecule is Cc1cc(Cl)cc(C)c1C1C(=O)N(c2ccc(Cl)cc2)C2(CCN(O)CC2)C1=O. The Morgan fingerprint density at radius 2 is 1.52 bits per heavy atom. The van der Waals surface area contributed by atoms with Gasteiger partial charge in [-0.3, -0.25) is 14.5 Å². The molecule has 29 heavy (non-hydrogen) atoms. The lowest BCUT2D eigenvalue weighted by atomic mass is 9.78. The molecule has 2 aromatic rings. The molecule has 5 nitrogen and oxygen atoms in total. The second kappa shape index (κ2) is 7.40. The van der Waals surface area contributed by atoms with Crippen molar-refractivity contribution in [3.05, 3.63) is 63.1 Å². The average Bonchev–Trinajstić information content (AvgIpc) is 2.86. The van der Waals surface area contributed by atoms with Crippen molar-refractivity contribution in [2.45, 2.75) is 38.1 Å². The first-order valence-corrected chi connectivity index (χ1v) is 10.3. The Morgan fingerprint density at radius 3 is 2.07 bits per heavy atom. The zero-order valence-electron chi connectivity index (χ0n) is 16.3. The van der Waals surface area contributed by atoms with Crippen LogP contribution in [0, 0.1) is 13.8 Å². The lowest BCUT2D eigenvalue weighted by Gasteiger charge is -2.41. The van der Waals surface area contributed by atoms with Gasteiger partial charge in [0.25, 0.3) is 0 Å². The van der Waals surface area contributed by atoms with Gasteiger partial charge in [0.05, 0.1) is 0 Å². The summed E-state index contributed by atoms with van der Waals surface area (Å²) in [5, 5.41) is 12.2. The van der Waals surface area contributed by atoms with Gasteiger partial charge in [-0.2, -0.15) is 5.06 Å². The fraction of sp³-hybridized carbons (Fsp3) is 0.364. The van der Waals surface area contributed by atoms with Crippen molar-refractivity contribution in [2.75, 3.05) is 18.0 Å². The molecule has 7 heteroatoms. The third-order valence-corrected chi connectivity index (χ3v) is 6.59. The number of piperidine rings is 1. The Labute approximate surface area is 179 Å². The molecule has 1 N–H and O–H groups in total. The molecular formula is C22H22Cl2N2O3. The molecule has 1 amide bonds. The lowest BCUT2D eigenvalue weighted by molar-refractivity contribution is -0.135. The van der Waals surface area contributed by atoms with Crippen molar-refractivity contribution in [2.24, 2.45) is 0 Å². The molecule has 4 rings (SSSR count). The van der Waals surface area contributed by atoms with E-state index in [9.17, 15) is 14.8 Å². The largest absolute Gasteiger partial charge is 0.314 e. The van der Waals surface area contributed by atoms with Crippen molar-refractivity contribution < 1.29 is 14.8 Å². The van der Waals surface area contributed by atoms with Crippen molar-refractivity contribution in [1.29, 1.82) is 0 Å². The van der Waals surface area contributed by atoms with Gasteiger partial charge in [-0.1, -0.05) is 23.2 Å². The van der Waals surface area contributed by atoms with Gasteiger partial charge >= 0.3 is 0 Å². The highest BCUT2D eigenvalue weighted by Crippen LogP contribution is 2.47. The Morgan fingerprint density at radius 1 is 0.966 bits per heavy atom. The first kappa shape index (κ1) is 20.4. The van der Waals surface area contributed by atoms with Crippen LogP contribution in [0.3, 0.4) is 0 Å². The molecule has 2 aliphatic heterocycles. The molecule has 2 aromatic carbocycles. The molecule has 0 bridgehead atoms. The van der Waals surface area contributed by atoms with Crippen LogP contribution >= 0.6 is 23.2 Å². The summed E-state index contributed by atoms with van der Waals surface area (Å²) >= 11 is 12.2. The Bertz CT molecular complexity index is 959. The molecule has 2 fully saturated rings. The van der Waals surface area contributed by atoms with Crippen molar-refractivity contribution in [1.82, 2.24) is 5.06 Å². The fourth-order valence-corrected chi connectivity index (χ4v) is 5.22. The van der Waals surface area contributed by atoms with E-state index in [2.05, 4.69) is 0 Å². The van der Waals surface area contributed by atoms with Crippen LogP contribution in [0.25, 0.3) is 0 Å². The summed E-state index contributed by atoms with van der Waals surface area (Å²) < 4.78 is 0. The van der Waals surface area contributed by atoms with Crippen molar-refractivity contribution in [3.63, 3.8) is 0 Å². The number of nitrogens with zero attached hydrogens (tertiary/aromatic N) is 2. The van der Waals surface area contributed by atoms with E-state index in [4.69, 9.17) is 23.2 Å². The number of hydroxylamine groups is 2. The number of amides is 1. The summed E-state index contributed by atoms with van der Waals surface area (Å²) in [4.78, 5) is 29.2. The fourth-order valence-electron chi connectivity index (χ4n) is 4.76. The van der Waals surface area contributed by atoms with Gasteiger partial charge in [0.1, 0.15) is 11.5 Å². The second-order valence-electron chi connectivity index (χ2n) is 7.89. The van der Waals surface area contributed by atoms with Gasteiger partial charge in [0.2, 0.25) is 5.91 Å². The van der Waals surface area contributed by atoms with Gasteiger partial charge in [-0.05, 0) is 79.8 Å². The van der Waals surface area contributed by atoms with Gasteiger partial charge in [0, 0.05) is 28.8 Å². The van der Waals surface area contributed by atoms with Crippen LogP contribution in [-0.2, 0) is 9.59 Å². The van der Waals surface area contributed by atoms with Gasteiger partial charge in [-0.25, -0.2) is 0 Å². The summed E-state index contributed by atoms with van der Waals surface area (Å²) in [7, 11) is 0. The first-order valence-electron chi connectivity index (χ1n) is 9.59. The smallest absolute Gasteiger partial charge is 0.243 e. The Hall–Kier alpha value is -1.92. The quantitative estimate of drug-likeness (QED) is 0.707. The molecule has 1 atom stereocenters. The number of hydrogen-bond donors (Lipinski definition) is 1. The molecule has 2 saturated heterocycles. The number of Topliss-reactive ketones (excluding diaryl/α,β-unsaturated/α-hetero) is 1. The number of rotatable bonds is 2. The van der Waals surface area contributed by atoms with Gasteiger partial charge < -0.3 is 5.21 Å². The standard InChI is InChI=1S/C22H22Cl2N2O3/c1-13-11-16(24)12-14(2)18(13)19-20(27)22(7-9-25(29)10-8-22)26(21(19)28)17-5-3-15(23)4-6-17/h3-6,11-12,19,29H,7-10H2,1-2H3. The zero-order valence-corrected chi connectivity index (χ0v) is 17.8. The van der Waals surface area contributed by atoms with E-state index in [1.54, 1.807) is 41.3 Å². The normalized spacial score (nSPS) is 22.0. The second-order valence-corrected chi connectivity index (χ2v) is 8.76. The number of ketones is 1.